The molecule has 206 valence electrons. The van der Waals surface area contributed by atoms with Gasteiger partial charge in [0.05, 0.1) is 16.8 Å². The second kappa shape index (κ2) is 11.4. The summed E-state index contributed by atoms with van der Waals surface area (Å²) in [4.78, 5) is 26.9. The van der Waals surface area contributed by atoms with E-state index in [-0.39, 0.29) is 12.6 Å². The summed E-state index contributed by atoms with van der Waals surface area (Å²) in [5.74, 6) is -0.949. The smallest absolute Gasteiger partial charge is 0.277 e. The fourth-order valence-electron chi connectivity index (χ4n) is 4.68. The third-order valence-corrected chi connectivity index (χ3v) is 9.38. The van der Waals surface area contributed by atoms with E-state index in [1.165, 1.54) is 11.3 Å². The van der Waals surface area contributed by atoms with Crippen LogP contribution in [-0.2, 0) is 39.4 Å². The maximum atomic E-state index is 13.5. The van der Waals surface area contributed by atoms with Crippen LogP contribution in [0.4, 0.5) is 5.00 Å². The van der Waals surface area contributed by atoms with Crippen LogP contribution in [0.2, 0.25) is 25.7 Å². The van der Waals surface area contributed by atoms with Crippen LogP contribution < -0.4 is 11.1 Å². The van der Waals surface area contributed by atoms with Gasteiger partial charge in [-0.15, -0.1) is 11.3 Å². The minimum atomic E-state index is -1.20. The Morgan fingerprint density at radius 3 is 2.57 bits per heavy atom. The number of carbonyl (C=O) groups excluding carboxylic acids is 2. The lowest BCUT2D eigenvalue weighted by Crippen LogP contribution is -2.42. The van der Waals surface area contributed by atoms with Crippen molar-refractivity contribution in [3.05, 3.63) is 33.5 Å². The molecule has 0 bridgehead atoms. The zero-order valence-corrected chi connectivity index (χ0v) is 25.3. The number of nitrogens with zero attached hydrogens (tertiary/aromatic N) is 2. The molecule has 3 rings (SSSR count). The first-order valence-corrected chi connectivity index (χ1v) is 17.3. The van der Waals surface area contributed by atoms with Crippen molar-refractivity contribution in [3.63, 3.8) is 0 Å². The first kappa shape index (κ1) is 29.5. The number of aromatic nitrogens is 2. The molecule has 1 aliphatic rings. The first-order valence-electron chi connectivity index (χ1n) is 12.7. The number of amides is 2. The van der Waals surface area contributed by atoms with Crippen molar-refractivity contribution in [2.45, 2.75) is 90.6 Å². The SMILES string of the molecule is COCCCc1cn(COCC[Si](C)(C)C)nc1C(=O)Nc1sc2c(c1C(N)=O)CC(C)(C)OC2(C)C. The average Bonchev–Trinajstić information content (AvgIpc) is 3.31. The maximum Gasteiger partial charge on any atom is 0.277 e. The number of aryl methyl sites for hydroxylation is 1. The van der Waals surface area contributed by atoms with Gasteiger partial charge in [0.25, 0.3) is 11.8 Å². The molecule has 1 aliphatic heterocycles. The monoisotopic (exact) mass is 550 g/mol. The van der Waals surface area contributed by atoms with Crippen molar-refractivity contribution in [2.75, 3.05) is 25.6 Å². The molecular weight excluding hydrogens is 508 g/mol. The van der Waals surface area contributed by atoms with E-state index in [0.717, 1.165) is 28.5 Å². The zero-order valence-electron chi connectivity index (χ0n) is 23.4. The van der Waals surface area contributed by atoms with Crippen LogP contribution >= 0.6 is 11.3 Å². The molecule has 0 saturated heterocycles. The summed E-state index contributed by atoms with van der Waals surface area (Å²) in [5.41, 5.74) is 7.04. The van der Waals surface area contributed by atoms with Crippen molar-refractivity contribution in [2.24, 2.45) is 5.73 Å². The number of carbonyl (C=O) groups is 2. The molecular formula is C26H42N4O5SSi. The van der Waals surface area contributed by atoms with Crippen LogP contribution in [0.5, 0.6) is 0 Å². The fraction of sp³-hybridized carbons (Fsp3) is 0.654. The zero-order chi connectivity index (χ0) is 27.6. The third-order valence-electron chi connectivity index (χ3n) is 6.23. The molecule has 0 atom stereocenters. The van der Waals surface area contributed by atoms with Gasteiger partial charge in [-0.1, -0.05) is 19.6 Å². The van der Waals surface area contributed by atoms with Crippen molar-refractivity contribution in [1.29, 1.82) is 0 Å². The molecule has 2 aromatic heterocycles. The molecule has 3 N–H and O–H groups in total. The van der Waals surface area contributed by atoms with E-state index in [1.54, 1.807) is 11.8 Å². The molecule has 0 aliphatic carbocycles. The molecule has 0 aromatic carbocycles. The summed E-state index contributed by atoms with van der Waals surface area (Å²) < 4.78 is 19.0. The summed E-state index contributed by atoms with van der Waals surface area (Å²) in [6, 6.07) is 1.05. The second-order valence-electron chi connectivity index (χ2n) is 12.0. The number of nitrogens with one attached hydrogen (secondary N) is 1. The van der Waals surface area contributed by atoms with Gasteiger partial charge in [-0.05, 0) is 52.1 Å². The number of methoxy groups -OCH3 is 1. The van der Waals surface area contributed by atoms with Gasteiger partial charge in [0.15, 0.2) is 5.69 Å². The molecule has 0 spiro atoms. The number of fused-ring (bicyclic) bond motifs is 1. The summed E-state index contributed by atoms with van der Waals surface area (Å²) in [5, 5.41) is 7.91. The highest BCUT2D eigenvalue weighted by Gasteiger charge is 2.43. The normalized spacial score (nSPS) is 16.4. The average molecular weight is 551 g/mol. The van der Waals surface area contributed by atoms with Crippen LogP contribution in [0.15, 0.2) is 6.20 Å². The van der Waals surface area contributed by atoms with Crippen molar-refractivity contribution in [3.8, 4) is 0 Å². The van der Waals surface area contributed by atoms with Gasteiger partial charge in [-0.25, -0.2) is 4.68 Å². The van der Waals surface area contributed by atoms with Gasteiger partial charge in [-0.2, -0.15) is 5.10 Å². The highest BCUT2D eigenvalue weighted by Crippen LogP contribution is 2.48. The van der Waals surface area contributed by atoms with Crippen LogP contribution in [0.1, 0.15) is 71.0 Å². The van der Waals surface area contributed by atoms with Crippen molar-refractivity contribution in [1.82, 2.24) is 9.78 Å². The summed E-state index contributed by atoms with van der Waals surface area (Å²) >= 11 is 1.34. The van der Waals surface area contributed by atoms with Gasteiger partial charge in [-0.3, -0.25) is 9.59 Å². The molecule has 0 saturated carbocycles. The number of anilines is 1. The number of nitrogens with two attached hydrogens (primary N) is 1. The number of ether oxygens (including phenoxy) is 3. The molecule has 11 heteroatoms. The second-order valence-corrected chi connectivity index (χ2v) is 18.6. The molecule has 2 amide bonds. The maximum absolute atomic E-state index is 13.5. The number of rotatable bonds is 12. The summed E-state index contributed by atoms with van der Waals surface area (Å²) in [7, 11) is 0.451. The van der Waals surface area contributed by atoms with Gasteiger partial charge in [0.1, 0.15) is 11.7 Å². The van der Waals surface area contributed by atoms with Gasteiger partial charge < -0.3 is 25.3 Å². The lowest BCUT2D eigenvalue weighted by Gasteiger charge is -2.41. The quantitative estimate of drug-likeness (QED) is 0.290. The molecule has 3 heterocycles. The molecule has 9 nitrogen and oxygen atoms in total. The summed E-state index contributed by atoms with van der Waals surface area (Å²) in [6.07, 6.45) is 3.76. The van der Waals surface area contributed by atoms with Crippen molar-refractivity contribution >= 4 is 36.2 Å². The van der Waals surface area contributed by atoms with Crippen molar-refractivity contribution < 1.29 is 23.8 Å². The topological polar surface area (TPSA) is 118 Å². The lowest BCUT2D eigenvalue weighted by atomic mass is 9.86. The van der Waals surface area contributed by atoms with Crippen LogP contribution in [0.25, 0.3) is 0 Å². The van der Waals surface area contributed by atoms with E-state index < -0.39 is 25.2 Å². The van der Waals surface area contributed by atoms with Crippen LogP contribution in [0, 0.1) is 0 Å². The number of thiophene rings is 1. The van der Waals surface area contributed by atoms with E-state index in [1.807, 2.05) is 33.9 Å². The Hall–Kier alpha value is -2.05. The number of hydrogen-bond donors (Lipinski definition) is 2. The third kappa shape index (κ3) is 7.50. The Balaban J connectivity index is 1.87. The number of primary amides is 1. The Morgan fingerprint density at radius 1 is 1.24 bits per heavy atom. The highest BCUT2D eigenvalue weighted by molar-refractivity contribution is 7.17. The Labute approximate surface area is 225 Å². The largest absolute Gasteiger partial charge is 0.385 e. The minimum Gasteiger partial charge on any atom is -0.385 e. The number of hydrogen-bond acceptors (Lipinski definition) is 7. The predicted octanol–water partition coefficient (Wildman–Crippen LogP) is 4.77. The van der Waals surface area contributed by atoms with Crippen LogP contribution in [0.3, 0.4) is 0 Å². The Morgan fingerprint density at radius 2 is 1.95 bits per heavy atom. The van der Waals surface area contributed by atoms with Gasteiger partial charge in [0, 0.05) is 51.5 Å². The van der Waals surface area contributed by atoms with Crippen LogP contribution in [-0.4, -0.2) is 55.6 Å². The lowest BCUT2D eigenvalue weighted by molar-refractivity contribution is -0.135. The molecule has 2 aromatic rings. The molecule has 0 unspecified atom stereocenters. The Kier molecular flexibility index (Phi) is 9.06. The molecule has 37 heavy (non-hydrogen) atoms. The first-order chi connectivity index (χ1) is 17.1. The van der Waals surface area contributed by atoms with Gasteiger partial charge in [0.2, 0.25) is 0 Å². The van der Waals surface area contributed by atoms with E-state index in [9.17, 15) is 9.59 Å². The minimum absolute atomic E-state index is 0.273. The standard InChI is InChI=1S/C26H42N4O5SSi/c1-25(2)14-18-19(22(27)31)24(36-21(18)26(3,4)35-25)28-23(32)20-17(10-9-11-33-5)15-30(29-20)16-34-12-13-37(6,7)8/h15H,9-14,16H2,1-8H3,(H2,27,31)(H,28,32). The van der Waals surface area contributed by atoms with Gasteiger partial charge >= 0.3 is 0 Å². The fourth-order valence-corrected chi connectivity index (χ4v) is 6.69. The highest BCUT2D eigenvalue weighted by atomic mass is 32.1. The van der Waals surface area contributed by atoms with E-state index in [0.29, 0.717) is 42.3 Å². The molecule has 0 radical (unpaired) electrons. The van der Waals surface area contributed by atoms with E-state index >= 15 is 0 Å². The van der Waals surface area contributed by atoms with E-state index in [4.69, 9.17) is 19.9 Å². The summed E-state index contributed by atoms with van der Waals surface area (Å²) in [6.45, 7) is 16.3. The Bertz CT molecular complexity index is 1130. The van der Waals surface area contributed by atoms with E-state index in [2.05, 4.69) is 30.1 Å². The predicted molar refractivity (Wildman–Crippen MR) is 149 cm³/mol. The molecule has 0 fully saturated rings.